The Balaban J connectivity index is 1.80. The minimum absolute atomic E-state index is 0.256. The minimum Gasteiger partial charge on any atom is -0.337 e. The van der Waals surface area contributed by atoms with Crippen molar-refractivity contribution in [2.45, 2.75) is 38.4 Å². The standard InChI is InChI=1S/C18H29N5O/c1-5-7-22-9-10-23(15(2)3)17(24)18(22)6-8-21(13-18)12-16-11-19-14-20(16)4/h5,11,14-15H,1,6-10,12-13H2,2-4H3/t18-/m1/s1. The van der Waals surface area contributed by atoms with E-state index >= 15 is 0 Å². The van der Waals surface area contributed by atoms with Crippen molar-refractivity contribution < 1.29 is 4.79 Å². The van der Waals surface area contributed by atoms with Crippen molar-refractivity contribution in [3.05, 3.63) is 30.9 Å². The Bertz CT molecular complexity index is 610. The highest BCUT2D eigenvalue weighted by atomic mass is 16.2. The van der Waals surface area contributed by atoms with Gasteiger partial charge in [0.2, 0.25) is 5.91 Å². The topological polar surface area (TPSA) is 44.6 Å². The number of piperazine rings is 1. The van der Waals surface area contributed by atoms with Crippen LogP contribution >= 0.6 is 0 Å². The molecule has 0 bridgehead atoms. The number of amides is 1. The normalized spacial score (nSPS) is 26.0. The summed E-state index contributed by atoms with van der Waals surface area (Å²) in [5.41, 5.74) is 0.793. The Morgan fingerprint density at radius 3 is 2.79 bits per heavy atom. The van der Waals surface area contributed by atoms with Gasteiger partial charge in [-0.2, -0.15) is 0 Å². The molecule has 1 amide bonds. The molecular formula is C18H29N5O. The number of carbonyl (C=O) groups excluding carboxylic acids is 1. The molecule has 0 aliphatic carbocycles. The summed E-state index contributed by atoms with van der Waals surface area (Å²) in [6.07, 6.45) is 6.55. The second-order valence-corrected chi connectivity index (χ2v) is 7.32. The fourth-order valence-electron chi connectivity index (χ4n) is 4.07. The van der Waals surface area contributed by atoms with E-state index in [0.717, 1.165) is 45.7 Å². The fraction of sp³-hybridized carbons (Fsp3) is 0.667. The summed E-state index contributed by atoms with van der Waals surface area (Å²) in [6, 6.07) is 0.256. The number of carbonyl (C=O) groups is 1. The van der Waals surface area contributed by atoms with Gasteiger partial charge >= 0.3 is 0 Å². The average Bonchev–Trinajstić information content (AvgIpc) is 3.13. The molecule has 1 aromatic heterocycles. The van der Waals surface area contributed by atoms with E-state index in [4.69, 9.17) is 0 Å². The monoisotopic (exact) mass is 331 g/mol. The molecule has 0 saturated carbocycles. The van der Waals surface area contributed by atoms with Crippen LogP contribution < -0.4 is 0 Å². The zero-order valence-corrected chi connectivity index (χ0v) is 15.1. The Kier molecular flexibility index (Phi) is 4.78. The Morgan fingerprint density at radius 1 is 1.38 bits per heavy atom. The van der Waals surface area contributed by atoms with Crippen LogP contribution in [0, 0.1) is 0 Å². The highest BCUT2D eigenvalue weighted by Crippen LogP contribution is 2.34. The first-order chi connectivity index (χ1) is 11.5. The molecule has 1 spiro atoms. The predicted molar refractivity (Wildman–Crippen MR) is 94.5 cm³/mol. The molecule has 1 aromatic rings. The number of rotatable bonds is 5. The maximum Gasteiger partial charge on any atom is 0.244 e. The summed E-state index contributed by atoms with van der Waals surface area (Å²) in [7, 11) is 2.02. The second-order valence-electron chi connectivity index (χ2n) is 7.32. The van der Waals surface area contributed by atoms with Crippen LogP contribution in [0.25, 0.3) is 0 Å². The van der Waals surface area contributed by atoms with Crippen LogP contribution in [0.2, 0.25) is 0 Å². The van der Waals surface area contributed by atoms with E-state index in [2.05, 4.69) is 39.8 Å². The first-order valence-corrected chi connectivity index (χ1v) is 8.82. The molecule has 1 atom stereocenters. The minimum atomic E-state index is -0.394. The van der Waals surface area contributed by atoms with Crippen LogP contribution in [0.5, 0.6) is 0 Å². The Morgan fingerprint density at radius 2 is 2.17 bits per heavy atom. The summed E-state index contributed by atoms with van der Waals surface area (Å²) < 4.78 is 2.05. The SMILES string of the molecule is C=CCN1CCN(C(C)C)C(=O)[C@]12CCN(Cc1cncn1C)C2. The van der Waals surface area contributed by atoms with Crippen LogP contribution in [0.3, 0.4) is 0 Å². The molecule has 0 radical (unpaired) electrons. The van der Waals surface area contributed by atoms with Crippen molar-refractivity contribution in [3.8, 4) is 0 Å². The number of aromatic nitrogens is 2. The van der Waals surface area contributed by atoms with E-state index in [1.807, 2.05) is 30.5 Å². The lowest BCUT2D eigenvalue weighted by atomic mass is 9.90. The largest absolute Gasteiger partial charge is 0.337 e. The van der Waals surface area contributed by atoms with Gasteiger partial charge in [0.05, 0.1) is 12.0 Å². The van der Waals surface area contributed by atoms with E-state index in [0.29, 0.717) is 0 Å². The van der Waals surface area contributed by atoms with Crippen LogP contribution in [-0.2, 0) is 18.4 Å². The number of hydrogen-bond donors (Lipinski definition) is 0. The lowest BCUT2D eigenvalue weighted by Gasteiger charge is -2.48. The van der Waals surface area contributed by atoms with E-state index in [-0.39, 0.29) is 11.9 Å². The highest BCUT2D eigenvalue weighted by molar-refractivity contribution is 5.88. The maximum absolute atomic E-state index is 13.3. The molecule has 2 aliphatic rings. The second kappa shape index (κ2) is 6.69. The molecule has 6 heteroatoms. The Hall–Kier alpha value is -1.66. The smallest absolute Gasteiger partial charge is 0.244 e. The number of aryl methyl sites for hydroxylation is 1. The molecule has 2 fully saturated rings. The van der Waals surface area contributed by atoms with Crippen LogP contribution in [-0.4, -0.2) is 74.5 Å². The molecule has 0 unspecified atom stereocenters. The van der Waals surface area contributed by atoms with Crippen molar-refractivity contribution in [2.75, 3.05) is 32.7 Å². The van der Waals surface area contributed by atoms with Gasteiger partial charge in [0.1, 0.15) is 5.54 Å². The molecule has 2 saturated heterocycles. The lowest BCUT2D eigenvalue weighted by molar-refractivity contribution is -0.152. The zero-order valence-electron chi connectivity index (χ0n) is 15.1. The number of nitrogens with zero attached hydrogens (tertiary/aromatic N) is 5. The molecule has 0 N–H and O–H groups in total. The quantitative estimate of drug-likeness (QED) is 0.758. The molecular weight excluding hydrogens is 302 g/mol. The van der Waals surface area contributed by atoms with Crippen LogP contribution in [0.1, 0.15) is 26.0 Å². The van der Waals surface area contributed by atoms with E-state index in [1.165, 1.54) is 5.69 Å². The summed E-state index contributed by atoms with van der Waals surface area (Å²) in [5.74, 6) is 0.290. The number of imidazole rings is 1. The summed E-state index contributed by atoms with van der Waals surface area (Å²) in [4.78, 5) is 24.3. The van der Waals surface area contributed by atoms with Crippen molar-refractivity contribution in [1.29, 1.82) is 0 Å². The van der Waals surface area contributed by atoms with Crippen molar-refractivity contribution in [3.63, 3.8) is 0 Å². The van der Waals surface area contributed by atoms with Gasteiger partial charge in [-0.25, -0.2) is 4.98 Å². The van der Waals surface area contributed by atoms with Gasteiger partial charge < -0.3 is 9.47 Å². The van der Waals surface area contributed by atoms with Crippen molar-refractivity contribution in [1.82, 2.24) is 24.3 Å². The molecule has 6 nitrogen and oxygen atoms in total. The molecule has 3 heterocycles. The average molecular weight is 331 g/mol. The molecule has 24 heavy (non-hydrogen) atoms. The fourth-order valence-corrected chi connectivity index (χ4v) is 4.07. The molecule has 132 valence electrons. The molecule has 0 aromatic carbocycles. The van der Waals surface area contributed by atoms with Gasteiger partial charge in [-0.05, 0) is 20.3 Å². The van der Waals surface area contributed by atoms with Gasteiger partial charge in [0, 0.05) is 58.6 Å². The van der Waals surface area contributed by atoms with E-state index < -0.39 is 5.54 Å². The van der Waals surface area contributed by atoms with Gasteiger partial charge in [-0.3, -0.25) is 14.6 Å². The molecule has 3 rings (SSSR count). The van der Waals surface area contributed by atoms with Gasteiger partial charge in [0.25, 0.3) is 0 Å². The third kappa shape index (κ3) is 2.89. The summed E-state index contributed by atoms with van der Waals surface area (Å²) in [6.45, 7) is 13.2. The van der Waals surface area contributed by atoms with E-state index in [1.54, 1.807) is 0 Å². The van der Waals surface area contributed by atoms with Crippen LogP contribution in [0.4, 0.5) is 0 Å². The molecule has 2 aliphatic heterocycles. The lowest BCUT2D eigenvalue weighted by Crippen LogP contribution is -2.68. The third-order valence-electron chi connectivity index (χ3n) is 5.48. The first-order valence-electron chi connectivity index (χ1n) is 8.82. The van der Waals surface area contributed by atoms with Gasteiger partial charge in [-0.15, -0.1) is 6.58 Å². The zero-order chi connectivity index (χ0) is 17.3. The van der Waals surface area contributed by atoms with Crippen LogP contribution in [0.15, 0.2) is 25.2 Å². The number of hydrogen-bond acceptors (Lipinski definition) is 4. The Labute approximate surface area is 144 Å². The first kappa shape index (κ1) is 17.2. The van der Waals surface area contributed by atoms with Crippen molar-refractivity contribution in [2.24, 2.45) is 7.05 Å². The van der Waals surface area contributed by atoms with Gasteiger partial charge in [0.15, 0.2) is 0 Å². The predicted octanol–water partition coefficient (Wildman–Crippen LogP) is 1.10. The van der Waals surface area contributed by atoms with E-state index in [9.17, 15) is 4.79 Å². The summed E-state index contributed by atoms with van der Waals surface area (Å²) >= 11 is 0. The maximum atomic E-state index is 13.3. The highest BCUT2D eigenvalue weighted by Gasteiger charge is 2.53. The third-order valence-corrected chi connectivity index (χ3v) is 5.48. The van der Waals surface area contributed by atoms with Gasteiger partial charge in [-0.1, -0.05) is 6.08 Å². The number of likely N-dealkylation sites (tertiary alicyclic amines) is 1. The summed E-state index contributed by atoms with van der Waals surface area (Å²) in [5, 5.41) is 0. The van der Waals surface area contributed by atoms with Crippen molar-refractivity contribution >= 4 is 5.91 Å².